The fraction of sp³-hybridized carbons (Fsp3) is 0.455. The monoisotopic (exact) mass is 496 g/mol. The standard InChI is InChI=1S/C11H16I2O2P2/c1-2-3-4-5-9-6-10(14-16-12)8-11(7-9)15-17-13/h6-8,16-17H,2-5H2,1H3. The second-order valence-electron chi connectivity index (χ2n) is 3.63. The smallest absolute Gasteiger partial charge is 0.137 e. The third kappa shape index (κ3) is 6.74. The number of hydrogen-bond donors (Lipinski definition) is 0. The molecule has 0 aliphatic rings. The molecule has 0 aromatic heterocycles. The topological polar surface area (TPSA) is 18.5 Å². The first kappa shape index (κ1) is 16.2. The van der Waals surface area contributed by atoms with Gasteiger partial charge in [0.05, 0.1) is 0 Å². The van der Waals surface area contributed by atoms with Gasteiger partial charge in [0.1, 0.15) is 24.4 Å². The Balaban J connectivity index is 2.72. The summed E-state index contributed by atoms with van der Waals surface area (Å²) in [4.78, 5) is 0. The average Bonchev–Trinajstić information content (AvgIpc) is 2.30. The molecule has 0 amide bonds. The zero-order chi connectivity index (χ0) is 12.5. The summed E-state index contributed by atoms with van der Waals surface area (Å²) in [7, 11) is 0. The first-order valence-electron chi connectivity index (χ1n) is 5.49. The third-order valence-electron chi connectivity index (χ3n) is 2.32. The minimum absolute atomic E-state index is 0.447. The quantitative estimate of drug-likeness (QED) is 0.248. The number of benzene rings is 1. The molecule has 2 nitrogen and oxygen atoms in total. The van der Waals surface area contributed by atoms with Gasteiger partial charge in [-0.05, 0) is 74.6 Å². The van der Waals surface area contributed by atoms with E-state index in [-0.39, 0.29) is 0 Å². The minimum atomic E-state index is 0.447. The lowest BCUT2D eigenvalue weighted by Gasteiger charge is -2.09. The molecule has 0 heterocycles. The second kappa shape index (κ2) is 9.99. The van der Waals surface area contributed by atoms with E-state index in [0.29, 0.717) is 12.9 Å². The molecule has 2 unspecified atom stereocenters. The Hall–Kier alpha value is 1.14. The van der Waals surface area contributed by atoms with Crippen molar-refractivity contribution in [3.8, 4) is 11.5 Å². The molecule has 1 aromatic rings. The van der Waals surface area contributed by atoms with Crippen LogP contribution in [0.5, 0.6) is 11.5 Å². The molecule has 0 saturated heterocycles. The van der Waals surface area contributed by atoms with Gasteiger partial charge in [-0.25, -0.2) is 0 Å². The fourth-order valence-electron chi connectivity index (χ4n) is 1.56. The van der Waals surface area contributed by atoms with E-state index < -0.39 is 0 Å². The molecule has 96 valence electrons. The van der Waals surface area contributed by atoms with E-state index in [9.17, 15) is 0 Å². The maximum atomic E-state index is 5.57. The van der Waals surface area contributed by atoms with Crippen LogP contribution in [0.25, 0.3) is 0 Å². The Labute approximate surface area is 133 Å². The van der Waals surface area contributed by atoms with Gasteiger partial charge in [-0.2, -0.15) is 0 Å². The van der Waals surface area contributed by atoms with Crippen molar-refractivity contribution < 1.29 is 9.05 Å². The SMILES string of the molecule is CCCCCc1cc(OPI)cc(OPI)c1. The van der Waals surface area contributed by atoms with Crippen molar-refractivity contribution in [2.75, 3.05) is 0 Å². The molecule has 1 rings (SSSR count). The van der Waals surface area contributed by atoms with Gasteiger partial charge in [-0.3, -0.25) is 0 Å². The van der Waals surface area contributed by atoms with Crippen LogP contribution < -0.4 is 9.05 Å². The lowest BCUT2D eigenvalue weighted by Crippen LogP contribution is -1.88. The molecular formula is C11H16I2O2P2. The van der Waals surface area contributed by atoms with Crippen LogP contribution in [0.1, 0.15) is 31.7 Å². The number of unbranched alkanes of at least 4 members (excludes halogenated alkanes) is 2. The molecule has 17 heavy (non-hydrogen) atoms. The highest BCUT2D eigenvalue weighted by atomic mass is 127. The summed E-state index contributed by atoms with van der Waals surface area (Å²) in [6, 6.07) is 6.23. The molecule has 6 heteroatoms. The molecule has 0 aliphatic heterocycles. The molecule has 1 aromatic carbocycles. The number of halogens is 2. The van der Waals surface area contributed by atoms with Crippen molar-refractivity contribution in [2.45, 2.75) is 32.6 Å². The van der Waals surface area contributed by atoms with E-state index in [2.05, 4.69) is 63.1 Å². The van der Waals surface area contributed by atoms with E-state index in [4.69, 9.17) is 9.05 Å². The molecule has 0 spiro atoms. The molecule has 0 N–H and O–H groups in total. The van der Waals surface area contributed by atoms with Crippen molar-refractivity contribution in [2.24, 2.45) is 0 Å². The third-order valence-corrected chi connectivity index (χ3v) is 4.27. The van der Waals surface area contributed by atoms with Gasteiger partial charge in [-0.15, -0.1) is 0 Å². The Morgan fingerprint density at radius 2 is 1.59 bits per heavy atom. The van der Waals surface area contributed by atoms with Gasteiger partial charge in [-0.1, -0.05) is 19.8 Å². The molecule has 2 atom stereocenters. The molecular weight excluding hydrogens is 480 g/mol. The highest BCUT2D eigenvalue weighted by Gasteiger charge is 2.03. The van der Waals surface area contributed by atoms with E-state index in [1.807, 2.05) is 6.07 Å². The van der Waals surface area contributed by atoms with Crippen LogP contribution in [0.4, 0.5) is 0 Å². The fourth-order valence-corrected chi connectivity index (χ4v) is 3.50. The minimum Gasteiger partial charge on any atom is -0.467 e. The van der Waals surface area contributed by atoms with E-state index in [1.54, 1.807) is 0 Å². The van der Waals surface area contributed by atoms with Crippen LogP contribution >= 0.6 is 57.0 Å². The van der Waals surface area contributed by atoms with E-state index >= 15 is 0 Å². The van der Waals surface area contributed by atoms with Gasteiger partial charge < -0.3 is 9.05 Å². The van der Waals surface area contributed by atoms with Crippen LogP contribution in [-0.2, 0) is 6.42 Å². The molecule has 0 bridgehead atoms. The number of rotatable bonds is 8. The largest absolute Gasteiger partial charge is 0.467 e. The summed E-state index contributed by atoms with van der Waals surface area (Å²) < 4.78 is 11.1. The van der Waals surface area contributed by atoms with Crippen LogP contribution in [0.15, 0.2) is 18.2 Å². The Kier molecular flexibility index (Phi) is 9.52. The van der Waals surface area contributed by atoms with Crippen LogP contribution in [0.3, 0.4) is 0 Å². The van der Waals surface area contributed by atoms with Crippen LogP contribution in [-0.4, -0.2) is 0 Å². The molecule has 0 radical (unpaired) electrons. The highest BCUT2D eigenvalue weighted by molar-refractivity contribution is 14.2. The predicted molar refractivity (Wildman–Crippen MR) is 95.6 cm³/mol. The summed E-state index contributed by atoms with van der Waals surface area (Å²) in [5, 5.41) is 0. The van der Waals surface area contributed by atoms with Crippen molar-refractivity contribution in [3.05, 3.63) is 23.8 Å². The van der Waals surface area contributed by atoms with Crippen LogP contribution in [0, 0.1) is 0 Å². The van der Waals surface area contributed by atoms with Crippen LogP contribution in [0.2, 0.25) is 0 Å². The summed E-state index contributed by atoms with van der Waals surface area (Å²) in [5.41, 5.74) is 1.32. The Morgan fingerprint density at radius 3 is 2.06 bits per heavy atom. The maximum absolute atomic E-state index is 5.57. The number of aryl methyl sites for hydroxylation is 1. The molecule has 0 saturated carbocycles. The van der Waals surface area contributed by atoms with E-state index in [0.717, 1.165) is 17.9 Å². The highest BCUT2D eigenvalue weighted by Crippen LogP contribution is 2.34. The zero-order valence-corrected chi connectivity index (χ0v) is 15.9. The summed E-state index contributed by atoms with van der Waals surface area (Å²) in [6.45, 7) is 3.12. The Morgan fingerprint density at radius 1 is 1.00 bits per heavy atom. The van der Waals surface area contributed by atoms with Crippen molar-refractivity contribution >= 4 is 57.0 Å². The van der Waals surface area contributed by atoms with Gasteiger partial charge in [0.25, 0.3) is 0 Å². The first-order valence-corrected chi connectivity index (χ1v) is 13.5. The lowest BCUT2D eigenvalue weighted by molar-refractivity contribution is 0.610. The average molecular weight is 496 g/mol. The van der Waals surface area contributed by atoms with E-state index in [1.165, 1.54) is 24.8 Å². The number of hydrogen-bond acceptors (Lipinski definition) is 2. The van der Waals surface area contributed by atoms with Gasteiger partial charge in [0.2, 0.25) is 0 Å². The summed E-state index contributed by atoms with van der Waals surface area (Å²) >= 11 is 4.47. The zero-order valence-electron chi connectivity index (χ0n) is 9.63. The molecule has 0 aliphatic carbocycles. The first-order chi connectivity index (χ1) is 8.30. The van der Waals surface area contributed by atoms with Gasteiger partial charge >= 0.3 is 0 Å². The summed E-state index contributed by atoms with van der Waals surface area (Å²) in [6.07, 6.45) is 4.88. The second-order valence-corrected chi connectivity index (χ2v) is 6.99. The summed E-state index contributed by atoms with van der Waals surface area (Å²) in [5.74, 6) is 1.85. The Bertz CT molecular complexity index is 313. The van der Waals surface area contributed by atoms with Gasteiger partial charge in [0, 0.05) is 6.07 Å². The van der Waals surface area contributed by atoms with Crippen molar-refractivity contribution in [1.82, 2.24) is 0 Å². The lowest BCUT2D eigenvalue weighted by atomic mass is 10.1. The predicted octanol–water partition coefficient (Wildman–Crippen LogP) is 6.06. The van der Waals surface area contributed by atoms with Crippen molar-refractivity contribution in [1.29, 1.82) is 0 Å². The van der Waals surface area contributed by atoms with Crippen molar-refractivity contribution in [3.63, 3.8) is 0 Å². The van der Waals surface area contributed by atoms with Gasteiger partial charge in [0.15, 0.2) is 0 Å². The normalized spacial score (nSPS) is 11.7. The molecule has 0 fully saturated rings. The maximum Gasteiger partial charge on any atom is 0.137 e.